The third kappa shape index (κ3) is 2.87. The van der Waals surface area contributed by atoms with Gasteiger partial charge in [-0.05, 0) is 24.3 Å². The summed E-state index contributed by atoms with van der Waals surface area (Å²) in [5.41, 5.74) is 0.254. The Kier molecular flexibility index (Phi) is 4.09. The molecule has 0 saturated heterocycles. The Labute approximate surface area is 72.8 Å². The first-order chi connectivity index (χ1) is 4.70. The SMILES string of the molecule is O=C(O)c1ccc(Cl)cc1.P. The number of benzene rings is 1. The number of hydrogen-bond donors (Lipinski definition) is 1. The lowest BCUT2D eigenvalue weighted by molar-refractivity contribution is 0.0697. The molecule has 0 heterocycles. The van der Waals surface area contributed by atoms with E-state index >= 15 is 0 Å². The Morgan fingerprint density at radius 2 is 1.73 bits per heavy atom. The molecule has 0 bridgehead atoms. The van der Waals surface area contributed by atoms with Crippen LogP contribution in [0.3, 0.4) is 0 Å². The Morgan fingerprint density at radius 3 is 2.09 bits per heavy atom. The smallest absolute Gasteiger partial charge is 0.335 e. The normalized spacial score (nSPS) is 8.45. The van der Waals surface area contributed by atoms with Gasteiger partial charge in [0.2, 0.25) is 0 Å². The maximum absolute atomic E-state index is 10.3. The van der Waals surface area contributed by atoms with Gasteiger partial charge in [0.25, 0.3) is 0 Å². The number of aromatic carboxylic acids is 1. The fourth-order valence-electron chi connectivity index (χ4n) is 0.592. The zero-order chi connectivity index (χ0) is 7.56. The van der Waals surface area contributed by atoms with Crippen molar-refractivity contribution in [2.75, 3.05) is 0 Å². The Morgan fingerprint density at radius 1 is 1.27 bits per heavy atom. The van der Waals surface area contributed by atoms with Gasteiger partial charge < -0.3 is 5.11 Å². The van der Waals surface area contributed by atoms with Crippen molar-refractivity contribution in [3.8, 4) is 0 Å². The lowest BCUT2D eigenvalue weighted by Gasteiger charge is -1.91. The van der Waals surface area contributed by atoms with E-state index in [1.807, 2.05) is 0 Å². The predicted molar refractivity (Wildman–Crippen MR) is 49.5 cm³/mol. The zero-order valence-electron chi connectivity index (χ0n) is 5.75. The van der Waals surface area contributed by atoms with E-state index in [2.05, 4.69) is 0 Å². The number of carboxylic acids is 1. The van der Waals surface area contributed by atoms with Gasteiger partial charge in [0, 0.05) is 5.02 Å². The molecule has 0 aliphatic carbocycles. The van der Waals surface area contributed by atoms with Crippen LogP contribution in [-0.4, -0.2) is 11.1 Å². The molecule has 0 aromatic heterocycles. The molecule has 2 nitrogen and oxygen atoms in total. The number of halogens is 1. The van der Waals surface area contributed by atoms with Gasteiger partial charge in [-0.3, -0.25) is 0 Å². The van der Waals surface area contributed by atoms with Crippen molar-refractivity contribution < 1.29 is 9.90 Å². The fourth-order valence-corrected chi connectivity index (χ4v) is 0.718. The Bertz CT molecular complexity index is 245. The minimum absolute atomic E-state index is 0. The summed E-state index contributed by atoms with van der Waals surface area (Å²) in [7, 11) is 0. The molecule has 0 aliphatic heterocycles. The molecule has 0 radical (unpaired) electrons. The number of carboxylic acid groups (broad SMARTS) is 1. The highest BCUT2D eigenvalue weighted by molar-refractivity contribution is 6.92. The van der Waals surface area contributed by atoms with Crippen molar-refractivity contribution in [1.29, 1.82) is 0 Å². The van der Waals surface area contributed by atoms with Crippen LogP contribution in [0.15, 0.2) is 24.3 Å². The molecule has 0 spiro atoms. The second-order valence-electron chi connectivity index (χ2n) is 1.81. The molecule has 4 heteroatoms. The second-order valence-corrected chi connectivity index (χ2v) is 2.25. The van der Waals surface area contributed by atoms with Crippen LogP contribution in [-0.2, 0) is 0 Å². The minimum atomic E-state index is -0.934. The third-order valence-corrected chi connectivity index (χ3v) is 1.34. The predicted octanol–water partition coefficient (Wildman–Crippen LogP) is 2.10. The highest BCUT2D eigenvalue weighted by atomic mass is 35.5. The van der Waals surface area contributed by atoms with E-state index in [1.54, 1.807) is 12.1 Å². The molecule has 0 aliphatic rings. The lowest BCUT2D eigenvalue weighted by atomic mass is 10.2. The van der Waals surface area contributed by atoms with Gasteiger partial charge in [0.05, 0.1) is 5.56 Å². The summed E-state index contributed by atoms with van der Waals surface area (Å²) in [6.07, 6.45) is 0. The van der Waals surface area contributed by atoms with E-state index < -0.39 is 5.97 Å². The summed E-state index contributed by atoms with van der Waals surface area (Å²) in [5, 5.41) is 8.98. The van der Waals surface area contributed by atoms with Crippen LogP contribution >= 0.6 is 21.5 Å². The summed E-state index contributed by atoms with van der Waals surface area (Å²) in [6.45, 7) is 0. The van der Waals surface area contributed by atoms with E-state index in [0.717, 1.165) is 0 Å². The van der Waals surface area contributed by atoms with Crippen molar-refractivity contribution >= 4 is 27.5 Å². The molecular formula is C7H8ClO2P. The first-order valence-corrected chi connectivity index (χ1v) is 3.07. The molecule has 1 N–H and O–H groups in total. The van der Waals surface area contributed by atoms with E-state index in [-0.39, 0.29) is 15.5 Å². The largest absolute Gasteiger partial charge is 0.478 e. The van der Waals surface area contributed by atoms with Gasteiger partial charge in [0.1, 0.15) is 0 Å². The number of hydrogen-bond acceptors (Lipinski definition) is 1. The minimum Gasteiger partial charge on any atom is -0.478 e. The topological polar surface area (TPSA) is 37.3 Å². The van der Waals surface area contributed by atoms with E-state index in [1.165, 1.54) is 12.1 Å². The van der Waals surface area contributed by atoms with Crippen LogP contribution < -0.4 is 0 Å². The third-order valence-electron chi connectivity index (χ3n) is 1.09. The van der Waals surface area contributed by atoms with Crippen molar-refractivity contribution in [1.82, 2.24) is 0 Å². The molecule has 0 amide bonds. The average molecular weight is 191 g/mol. The summed E-state index contributed by atoms with van der Waals surface area (Å²) >= 11 is 5.52. The van der Waals surface area contributed by atoms with Gasteiger partial charge in [-0.25, -0.2) is 4.79 Å². The average Bonchev–Trinajstić information content (AvgIpc) is 1.88. The monoisotopic (exact) mass is 190 g/mol. The lowest BCUT2D eigenvalue weighted by Crippen LogP contribution is -1.94. The van der Waals surface area contributed by atoms with Crippen molar-refractivity contribution in [2.24, 2.45) is 0 Å². The van der Waals surface area contributed by atoms with Gasteiger partial charge in [-0.15, -0.1) is 0 Å². The van der Waals surface area contributed by atoms with Gasteiger partial charge >= 0.3 is 5.97 Å². The molecular weight excluding hydrogens is 183 g/mol. The summed E-state index contributed by atoms with van der Waals surface area (Å²) in [6, 6.07) is 6.02. The molecule has 0 fully saturated rings. The van der Waals surface area contributed by atoms with Crippen molar-refractivity contribution in [3.63, 3.8) is 0 Å². The highest BCUT2D eigenvalue weighted by Crippen LogP contribution is 2.08. The first-order valence-electron chi connectivity index (χ1n) is 2.69. The second kappa shape index (κ2) is 4.32. The van der Waals surface area contributed by atoms with Crippen LogP contribution in [0, 0.1) is 0 Å². The van der Waals surface area contributed by atoms with Gasteiger partial charge in [-0.2, -0.15) is 9.90 Å². The van der Waals surface area contributed by atoms with E-state index in [4.69, 9.17) is 16.7 Å². The van der Waals surface area contributed by atoms with Crippen LogP contribution in [0.2, 0.25) is 5.02 Å². The van der Waals surface area contributed by atoms with Gasteiger partial charge in [-0.1, -0.05) is 11.6 Å². The van der Waals surface area contributed by atoms with Crippen LogP contribution in [0.1, 0.15) is 10.4 Å². The van der Waals surface area contributed by atoms with Crippen LogP contribution in [0.4, 0.5) is 0 Å². The summed E-state index contributed by atoms with van der Waals surface area (Å²) in [4.78, 5) is 10.3. The van der Waals surface area contributed by atoms with Gasteiger partial charge in [0.15, 0.2) is 0 Å². The van der Waals surface area contributed by atoms with Crippen LogP contribution in [0.5, 0.6) is 0 Å². The molecule has 11 heavy (non-hydrogen) atoms. The van der Waals surface area contributed by atoms with E-state index in [9.17, 15) is 4.79 Å². The van der Waals surface area contributed by atoms with Crippen LogP contribution in [0.25, 0.3) is 0 Å². The quantitative estimate of drug-likeness (QED) is 0.689. The standard InChI is InChI=1S/C7H5ClO2.H3P/c8-6-3-1-5(2-4-6)7(9)10;/h1-4H,(H,9,10);1H3. The van der Waals surface area contributed by atoms with Crippen molar-refractivity contribution in [2.45, 2.75) is 0 Å². The number of carbonyl (C=O) groups is 1. The summed E-state index contributed by atoms with van der Waals surface area (Å²) in [5.74, 6) is -0.934. The van der Waals surface area contributed by atoms with E-state index in [0.29, 0.717) is 5.02 Å². The van der Waals surface area contributed by atoms with Crippen molar-refractivity contribution in [3.05, 3.63) is 34.9 Å². The molecule has 1 rings (SSSR count). The maximum atomic E-state index is 10.3. The molecule has 1 atom stereocenters. The number of rotatable bonds is 1. The fraction of sp³-hybridized carbons (Fsp3) is 0. The Balaban J connectivity index is 0.000001000. The Hall–Kier alpha value is -0.590. The first kappa shape index (κ1) is 10.4. The highest BCUT2D eigenvalue weighted by Gasteiger charge is 1.99. The molecule has 1 aromatic carbocycles. The molecule has 1 unspecified atom stereocenters. The molecule has 0 saturated carbocycles. The molecule has 60 valence electrons. The summed E-state index contributed by atoms with van der Waals surface area (Å²) < 4.78 is 0. The maximum Gasteiger partial charge on any atom is 0.335 e. The zero-order valence-corrected chi connectivity index (χ0v) is 7.92. The molecule has 1 aromatic rings.